The summed E-state index contributed by atoms with van der Waals surface area (Å²) >= 11 is 0. The van der Waals surface area contributed by atoms with E-state index in [9.17, 15) is 0 Å². The smallest absolute Gasteiger partial charge is 0.00515 e. The topological polar surface area (TPSA) is 6.48 Å². The molecule has 0 radical (unpaired) electrons. The quantitative estimate of drug-likeness (QED) is 0.703. The second-order valence-corrected chi connectivity index (χ2v) is 6.00. The van der Waals surface area contributed by atoms with Crippen molar-refractivity contribution in [3.05, 3.63) is 0 Å². The second-order valence-electron chi connectivity index (χ2n) is 6.00. The molecular formula is C13H26N2. The van der Waals surface area contributed by atoms with Crippen molar-refractivity contribution in [1.29, 1.82) is 0 Å². The average molecular weight is 210 g/mol. The van der Waals surface area contributed by atoms with Gasteiger partial charge in [-0.05, 0) is 43.8 Å². The van der Waals surface area contributed by atoms with E-state index >= 15 is 0 Å². The zero-order valence-corrected chi connectivity index (χ0v) is 10.6. The Morgan fingerprint density at radius 2 is 1.67 bits per heavy atom. The molecule has 2 saturated heterocycles. The van der Waals surface area contributed by atoms with E-state index in [4.69, 9.17) is 0 Å². The molecule has 0 N–H and O–H groups in total. The van der Waals surface area contributed by atoms with Gasteiger partial charge in [-0.3, -0.25) is 0 Å². The summed E-state index contributed by atoms with van der Waals surface area (Å²) in [4.78, 5) is 5.24. The average Bonchev–Trinajstić information content (AvgIpc) is 2.16. The van der Waals surface area contributed by atoms with Crippen molar-refractivity contribution in [3.63, 3.8) is 0 Å². The van der Waals surface area contributed by atoms with Gasteiger partial charge in [-0.25, -0.2) is 0 Å². The van der Waals surface area contributed by atoms with E-state index < -0.39 is 0 Å². The molecule has 0 unspecified atom stereocenters. The van der Waals surface area contributed by atoms with Gasteiger partial charge in [-0.1, -0.05) is 20.8 Å². The Morgan fingerprint density at radius 3 is 2.13 bits per heavy atom. The lowest BCUT2D eigenvalue weighted by Gasteiger charge is -2.54. The predicted octanol–water partition coefficient (Wildman–Crippen LogP) is 2.06. The third-order valence-electron chi connectivity index (χ3n) is 4.11. The van der Waals surface area contributed by atoms with Crippen molar-refractivity contribution in [2.75, 3.05) is 39.3 Å². The van der Waals surface area contributed by atoms with Crippen LogP contribution in [0.3, 0.4) is 0 Å². The summed E-state index contributed by atoms with van der Waals surface area (Å²) in [5, 5.41) is 0. The molecule has 0 aliphatic carbocycles. The lowest BCUT2D eigenvalue weighted by Crippen LogP contribution is -2.60. The van der Waals surface area contributed by atoms with Crippen molar-refractivity contribution in [3.8, 4) is 0 Å². The highest BCUT2D eigenvalue weighted by atomic mass is 15.2. The molecule has 2 fully saturated rings. The first kappa shape index (κ1) is 11.4. The van der Waals surface area contributed by atoms with E-state index in [1.807, 2.05) is 0 Å². The first-order valence-corrected chi connectivity index (χ1v) is 6.58. The maximum atomic E-state index is 2.65. The first-order chi connectivity index (χ1) is 7.13. The van der Waals surface area contributed by atoms with Crippen LogP contribution < -0.4 is 0 Å². The molecule has 88 valence electrons. The maximum absolute atomic E-state index is 2.65. The molecule has 0 atom stereocenters. The Hall–Kier alpha value is -0.0800. The van der Waals surface area contributed by atoms with Crippen molar-refractivity contribution in [1.82, 2.24) is 9.80 Å². The SMILES string of the molecule is CCN1CCC2(CC1)CN(CC(C)C)C2. The molecule has 2 nitrogen and oxygen atoms in total. The molecule has 2 heteroatoms. The van der Waals surface area contributed by atoms with Gasteiger partial charge in [0.25, 0.3) is 0 Å². The van der Waals surface area contributed by atoms with Crippen LogP contribution in [0.1, 0.15) is 33.6 Å². The van der Waals surface area contributed by atoms with Gasteiger partial charge >= 0.3 is 0 Å². The van der Waals surface area contributed by atoms with Gasteiger partial charge in [0.1, 0.15) is 0 Å². The number of hydrogen-bond donors (Lipinski definition) is 0. The zero-order valence-electron chi connectivity index (χ0n) is 10.6. The highest BCUT2D eigenvalue weighted by molar-refractivity contribution is 4.98. The monoisotopic (exact) mass is 210 g/mol. The standard InChI is InChI=1S/C13H26N2/c1-4-14-7-5-13(6-8-14)10-15(11-13)9-12(2)3/h12H,4-11H2,1-3H3. The van der Waals surface area contributed by atoms with Crippen LogP contribution in [0.4, 0.5) is 0 Å². The van der Waals surface area contributed by atoms with E-state index in [-0.39, 0.29) is 0 Å². The van der Waals surface area contributed by atoms with E-state index in [1.165, 1.54) is 52.1 Å². The number of hydrogen-bond acceptors (Lipinski definition) is 2. The fourth-order valence-electron chi connectivity index (χ4n) is 3.21. The molecule has 2 aliphatic heterocycles. The number of piperidine rings is 1. The zero-order chi connectivity index (χ0) is 10.9. The van der Waals surface area contributed by atoms with Crippen molar-refractivity contribution < 1.29 is 0 Å². The van der Waals surface area contributed by atoms with Crippen LogP contribution in [0.5, 0.6) is 0 Å². The molecule has 0 aromatic rings. The third-order valence-corrected chi connectivity index (χ3v) is 4.11. The van der Waals surface area contributed by atoms with Gasteiger partial charge in [-0.15, -0.1) is 0 Å². The number of likely N-dealkylation sites (tertiary alicyclic amines) is 2. The molecule has 0 aromatic heterocycles. The van der Waals surface area contributed by atoms with Crippen LogP contribution in [0.15, 0.2) is 0 Å². The second kappa shape index (κ2) is 4.42. The summed E-state index contributed by atoms with van der Waals surface area (Å²) in [5.41, 5.74) is 0.723. The van der Waals surface area contributed by atoms with E-state index in [0.29, 0.717) is 0 Å². The summed E-state index contributed by atoms with van der Waals surface area (Å²) in [5.74, 6) is 0.832. The summed E-state index contributed by atoms with van der Waals surface area (Å²) in [7, 11) is 0. The van der Waals surface area contributed by atoms with Crippen LogP contribution in [-0.2, 0) is 0 Å². The molecule has 0 amide bonds. The van der Waals surface area contributed by atoms with Gasteiger partial charge in [-0.2, -0.15) is 0 Å². The van der Waals surface area contributed by atoms with Gasteiger partial charge < -0.3 is 9.80 Å². The molecule has 2 rings (SSSR count). The third kappa shape index (κ3) is 2.54. The molecule has 0 bridgehead atoms. The van der Waals surface area contributed by atoms with Crippen molar-refractivity contribution in [2.45, 2.75) is 33.6 Å². The Bertz CT molecular complexity index is 197. The summed E-state index contributed by atoms with van der Waals surface area (Å²) < 4.78 is 0. The molecule has 2 aliphatic rings. The first-order valence-electron chi connectivity index (χ1n) is 6.58. The van der Waals surface area contributed by atoms with Crippen molar-refractivity contribution in [2.24, 2.45) is 11.3 Å². The Labute approximate surface area is 94.6 Å². The fraction of sp³-hybridized carbons (Fsp3) is 1.00. The normalized spacial score (nSPS) is 27.2. The van der Waals surface area contributed by atoms with Gasteiger partial charge in [0.05, 0.1) is 0 Å². The summed E-state index contributed by atoms with van der Waals surface area (Å²) in [6.07, 6.45) is 2.88. The highest BCUT2D eigenvalue weighted by Gasteiger charge is 2.44. The largest absolute Gasteiger partial charge is 0.304 e. The molecule has 2 heterocycles. The summed E-state index contributed by atoms with van der Waals surface area (Å²) in [6.45, 7) is 14.9. The Morgan fingerprint density at radius 1 is 1.07 bits per heavy atom. The predicted molar refractivity (Wildman–Crippen MR) is 65.1 cm³/mol. The Kier molecular flexibility index (Phi) is 3.36. The lowest BCUT2D eigenvalue weighted by atomic mass is 9.72. The van der Waals surface area contributed by atoms with E-state index in [1.54, 1.807) is 0 Å². The van der Waals surface area contributed by atoms with Gasteiger partial charge in [0.2, 0.25) is 0 Å². The molecular weight excluding hydrogens is 184 g/mol. The minimum Gasteiger partial charge on any atom is -0.304 e. The van der Waals surface area contributed by atoms with Crippen LogP contribution in [0, 0.1) is 11.3 Å². The van der Waals surface area contributed by atoms with Gasteiger partial charge in [0, 0.05) is 19.6 Å². The highest BCUT2D eigenvalue weighted by Crippen LogP contribution is 2.40. The summed E-state index contributed by atoms with van der Waals surface area (Å²) in [6, 6.07) is 0. The minimum atomic E-state index is 0.723. The Balaban J connectivity index is 1.73. The molecule has 15 heavy (non-hydrogen) atoms. The van der Waals surface area contributed by atoms with Crippen molar-refractivity contribution >= 4 is 0 Å². The molecule has 0 saturated carbocycles. The number of nitrogens with zero attached hydrogens (tertiary/aromatic N) is 2. The van der Waals surface area contributed by atoms with E-state index in [0.717, 1.165) is 11.3 Å². The van der Waals surface area contributed by atoms with Crippen LogP contribution in [0.2, 0.25) is 0 Å². The number of rotatable bonds is 3. The molecule has 1 spiro atoms. The van der Waals surface area contributed by atoms with E-state index in [2.05, 4.69) is 30.6 Å². The minimum absolute atomic E-state index is 0.723. The lowest BCUT2D eigenvalue weighted by molar-refractivity contribution is -0.0503. The van der Waals surface area contributed by atoms with Crippen LogP contribution in [0.25, 0.3) is 0 Å². The van der Waals surface area contributed by atoms with Gasteiger partial charge in [0.15, 0.2) is 0 Å². The fourth-order valence-corrected chi connectivity index (χ4v) is 3.21. The van der Waals surface area contributed by atoms with Crippen LogP contribution >= 0.6 is 0 Å². The van der Waals surface area contributed by atoms with Crippen LogP contribution in [-0.4, -0.2) is 49.1 Å². The molecule has 0 aromatic carbocycles. The maximum Gasteiger partial charge on any atom is 0.00515 e.